The van der Waals surface area contributed by atoms with Crippen LogP contribution in [0.2, 0.25) is 0 Å². The third-order valence-electron chi connectivity index (χ3n) is 6.64. The van der Waals surface area contributed by atoms with Crippen LogP contribution in [0.3, 0.4) is 0 Å². The zero-order valence-electron chi connectivity index (χ0n) is 20.8. The summed E-state index contributed by atoms with van der Waals surface area (Å²) in [4.78, 5) is 28.3. The lowest BCUT2D eigenvalue weighted by atomic mass is 9.91. The van der Waals surface area contributed by atoms with Gasteiger partial charge in [0, 0.05) is 32.3 Å². The van der Waals surface area contributed by atoms with Gasteiger partial charge in [-0.25, -0.2) is 0 Å². The van der Waals surface area contributed by atoms with Crippen LogP contribution < -0.4 is 5.32 Å². The molecule has 0 spiro atoms. The van der Waals surface area contributed by atoms with Crippen LogP contribution in [0.4, 0.5) is 0 Å². The van der Waals surface area contributed by atoms with Crippen molar-refractivity contribution < 1.29 is 19.2 Å². The molecular weight excluding hydrogens is 446 g/mol. The molecule has 3 heterocycles. The Hall–Kier alpha value is -3.46. The van der Waals surface area contributed by atoms with E-state index < -0.39 is 18.1 Å². The lowest BCUT2D eigenvalue weighted by Gasteiger charge is -2.29. The molecule has 9 heteroatoms. The van der Waals surface area contributed by atoms with E-state index in [0.717, 1.165) is 16.8 Å². The lowest BCUT2D eigenvalue weighted by Crippen LogP contribution is -2.48. The molecule has 0 bridgehead atoms. The lowest BCUT2D eigenvalue weighted by molar-refractivity contribution is -0.141. The first-order valence-electron chi connectivity index (χ1n) is 12.0. The Kier molecular flexibility index (Phi) is 7.07. The smallest absolute Gasteiger partial charge is 0.243 e. The number of aromatic nitrogens is 3. The van der Waals surface area contributed by atoms with Crippen molar-refractivity contribution in [1.82, 2.24) is 25.2 Å². The number of hydrogen-bond acceptors (Lipinski definition) is 6. The van der Waals surface area contributed by atoms with Crippen molar-refractivity contribution in [1.29, 1.82) is 0 Å². The Morgan fingerprint density at radius 1 is 1.17 bits per heavy atom. The molecule has 0 aliphatic carbocycles. The second-order valence-corrected chi connectivity index (χ2v) is 9.68. The van der Waals surface area contributed by atoms with Gasteiger partial charge in [-0.2, -0.15) is 5.10 Å². The van der Waals surface area contributed by atoms with Gasteiger partial charge >= 0.3 is 0 Å². The quantitative estimate of drug-likeness (QED) is 0.539. The van der Waals surface area contributed by atoms with E-state index in [0.29, 0.717) is 11.5 Å². The minimum absolute atomic E-state index is 0.0619. The van der Waals surface area contributed by atoms with Gasteiger partial charge < -0.3 is 19.8 Å². The van der Waals surface area contributed by atoms with Crippen LogP contribution in [-0.2, 0) is 16.6 Å². The number of carbonyl (C=O) groups is 2. The van der Waals surface area contributed by atoms with E-state index >= 15 is 0 Å². The van der Waals surface area contributed by atoms with Crippen molar-refractivity contribution in [2.45, 2.75) is 58.2 Å². The topological polar surface area (TPSA) is 113 Å². The summed E-state index contributed by atoms with van der Waals surface area (Å²) in [6.45, 7) is 7.68. The zero-order valence-corrected chi connectivity index (χ0v) is 20.8. The number of hydrogen-bond donors (Lipinski definition) is 2. The zero-order chi connectivity index (χ0) is 25.3. The molecule has 1 fully saturated rings. The largest absolute Gasteiger partial charge is 0.391 e. The second kappa shape index (κ2) is 10.0. The second-order valence-electron chi connectivity index (χ2n) is 9.68. The summed E-state index contributed by atoms with van der Waals surface area (Å²) < 4.78 is 7.20. The molecule has 4 atom stereocenters. The average Bonchev–Trinajstić information content (AvgIpc) is 3.53. The first kappa shape index (κ1) is 24.7. The van der Waals surface area contributed by atoms with Gasteiger partial charge in [0.25, 0.3) is 0 Å². The number of amides is 2. The van der Waals surface area contributed by atoms with Crippen molar-refractivity contribution in [2.75, 3.05) is 6.54 Å². The highest BCUT2D eigenvalue weighted by Gasteiger charge is 2.43. The molecule has 186 valence electrons. The van der Waals surface area contributed by atoms with E-state index in [9.17, 15) is 14.7 Å². The average molecular weight is 480 g/mol. The minimum Gasteiger partial charge on any atom is -0.391 e. The summed E-state index contributed by atoms with van der Waals surface area (Å²) in [6, 6.07) is 10.6. The first-order valence-corrected chi connectivity index (χ1v) is 12.0. The van der Waals surface area contributed by atoms with Gasteiger partial charge in [-0.1, -0.05) is 43.3 Å². The van der Waals surface area contributed by atoms with E-state index in [-0.39, 0.29) is 36.7 Å². The maximum absolute atomic E-state index is 13.5. The summed E-state index contributed by atoms with van der Waals surface area (Å²) in [5.41, 5.74) is 3.67. The highest BCUT2D eigenvalue weighted by Crippen LogP contribution is 2.31. The molecule has 4 rings (SSSR count). The molecule has 2 aromatic heterocycles. The van der Waals surface area contributed by atoms with E-state index in [1.807, 2.05) is 62.8 Å². The molecule has 3 aromatic rings. The molecule has 2 N–H and O–H groups in total. The molecule has 1 aliphatic heterocycles. The van der Waals surface area contributed by atoms with Crippen LogP contribution in [-0.4, -0.2) is 55.4 Å². The summed E-state index contributed by atoms with van der Waals surface area (Å²) in [5.74, 6) is -0.678. The summed E-state index contributed by atoms with van der Waals surface area (Å²) in [6.07, 6.45) is 1.19. The van der Waals surface area contributed by atoms with Crippen molar-refractivity contribution in [3.63, 3.8) is 0 Å². The highest BCUT2D eigenvalue weighted by atomic mass is 16.5. The number of nitrogens with one attached hydrogen (secondary N) is 1. The van der Waals surface area contributed by atoms with Crippen molar-refractivity contribution in [3.05, 3.63) is 59.6 Å². The summed E-state index contributed by atoms with van der Waals surface area (Å²) >= 11 is 0. The molecule has 35 heavy (non-hydrogen) atoms. The maximum Gasteiger partial charge on any atom is 0.243 e. The maximum atomic E-state index is 13.5. The van der Waals surface area contributed by atoms with Crippen LogP contribution in [0.15, 0.2) is 47.1 Å². The molecule has 2 amide bonds. The van der Waals surface area contributed by atoms with Crippen molar-refractivity contribution >= 4 is 11.8 Å². The highest BCUT2D eigenvalue weighted by molar-refractivity contribution is 5.91. The predicted molar refractivity (Wildman–Crippen MR) is 130 cm³/mol. The van der Waals surface area contributed by atoms with E-state index in [1.54, 1.807) is 19.2 Å². The predicted octanol–water partition coefficient (Wildman–Crippen LogP) is 2.96. The SMILES string of the molecule is Cc1cc([C@H](C(=O)N2C[C@H](O)C[C@H]2C(=O)N[C@@H](C)c2ccc(-c3ccnn3C)cc2)C(C)C)on1. The van der Waals surface area contributed by atoms with Gasteiger partial charge in [-0.05, 0) is 37.0 Å². The van der Waals surface area contributed by atoms with Crippen molar-refractivity contribution in [2.24, 2.45) is 13.0 Å². The van der Waals surface area contributed by atoms with Gasteiger partial charge in [-0.3, -0.25) is 14.3 Å². The minimum atomic E-state index is -0.757. The molecule has 0 radical (unpaired) electrons. The number of nitrogens with zero attached hydrogens (tertiary/aromatic N) is 4. The van der Waals surface area contributed by atoms with E-state index in [4.69, 9.17) is 4.52 Å². The van der Waals surface area contributed by atoms with E-state index in [1.165, 1.54) is 4.90 Å². The van der Waals surface area contributed by atoms with Gasteiger partial charge in [0.15, 0.2) is 0 Å². The van der Waals surface area contributed by atoms with Crippen LogP contribution in [0.1, 0.15) is 56.2 Å². The third-order valence-corrected chi connectivity index (χ3v) is 6.64. The fourth-order valence-corrected chi connectivity index (χ4v) is 4.74. The number of aliphatic hydroxyl groups excluding tert-OH is 1. The molecule has 1 aliphatic rings. The number of likely N-dealkylation sites (tertiary alicyclic amines) is 1. The summed E-state index contributed by atoms with van der Waals surface area (Å²) in [5, 5.41) is 21.5. The Labute approximate surface area is 205 Å². The molecular formula is C26H33N5O4. The third kappa shape index (κ3) is 5.14. The fourth-order valence-electron chi connectivity index (χ4n) is 4.74. The summed E-state index contributed by atoms with van der Waals surface area (Å²) in [7, 11) is 1.89. The number of aliphatic hydroxyl groups is 1. The van der Waals surface area contributed by atoms with Crippen LogP contribution in [0.25, 0.3) is 11.3 Å². The van der Waals surface area contributed by atoms with Crippen LogP contribution in [0, 0.1) is 12.8 Å². The van der Waals surface area contributed by atoms with Crippen LogP contribution in [0.5, 0.6) is 0 Å². The number of rotatable bonds is 7. The van der Waals surface area contributed by atoms with Gasteiger partial charge in [0.2, 0.25) is 11.8 Å². The fraction of sp³-hybridized carbons (Fsp3) is 0.462. The monoisotopic (exact) mass is 479 g/mol. The van der Waals surface area contributed by atoms with Gasteiger partial charge in [-0.15, -0.1) is 0 Å². The van der Waals surface area contributed by atoms with Gasteiger partial charge in [0.1, 0.15) is 17.7 Å². The molecule has 1 aromatic carbocycles. The van der Waals surface area contributed by atoms with Crippen molar-refractivity contribution in [3.8, 4) is 11.3 Å². The number of carbonyl (C=O) groups excluding carboxylic acids is 2. The Bertz CT molecular complexity index is 1180. The molecule has 0 unspecified atom stereocenters. The molecule has 9 nitrogen and oxygen atoms in total. The Morgan fingerprint density at radius 2 is 1.89 bits per heavy atom. The van der Waals surface area contributed by atoms with Gasteiger partial charge in [0.05, 0.1) is 23.5 Å². The first-order chi connectivity index (χ1) is 16.7. The Morgan fingerprint density at radius 3 is 2.46 bits per heavy atom. The normalized spacial score (nSPS) is 19.7. The number of benzene rings is 1. The Balaban J connectivity index is 1.47. The molecule has 1 saturated heterocycles. The van der Waals surface area contributed by atoms with Crippen LogP contribution >= 0.6 is 0 Å². The number of β-amino-alcohol motifs (C(OH)–C–C–N with tert-alkyl or cyclic N) is 1. The standard InChI is InChI=1S/C26H33N5O4/c1-15(2)24(23-12-16(3)29-35-23)26(34)31-14-20(32)13-22(31)25(33)28-17(4)18-6-8-19(9-7-18)21-10-11-27-30(21)5/h6-12,15,17,20,22,24,32H,13-14H2,1-5H3,(H,28,33)/t17-,20+,22-,24+/m0/s1. The molecule has 0 saturated carbocycles. The number of aryl methyl sites for hydroxylation is 2. The van der Waals surface area contributed by atoms with E-state index in [2.05, 4.69) is 15.6 Å².